The fourth-order valence-electron chi connectivity index (χ4n) is 0.325. The summed E-state index contributed by atoms with van der Waals surface area (Å²) < 4.78 is 0.391. The fraction of sp³-hybridized carbons (Fsp3) is 0.667. The van der Waals surface area contributed by atoms with Crippen LogP contribution in [0.2, 0.25) is 0 Å². The zero-order valence-electron chi connectivity index (χ0n) is 5.35. The van der Waals surface area contributed by atoms with E-state index in [1.807, 2.05) is 0 Å². The highest BCUT2D eigenvalue weighted by Crippen LogP contribution is 2.23. The maximum absolute atomic E-state index is 4.19. The van der Waals surface area contributed by atoms with Crippen molar-refractivity contribution < 1.29 is 0 Å². The zero-order valence-corrected chi connectivity index (χ0v) is 7.06. The Labute approximate surface area is 61.2 Å². The minimum absolute atomic E-state index is 0.391. The summed E-state index contributed by atoms with van der Waals surface area (Å²) in [5.41, 5.74) is 0. The van der Waals surface area contributed by atoms with Gasteiger partial charge in [0.05, 0.1) is 0 Å². The normalized spacial score (nSPS) is 13.4. The third-order valence-electron chi connectivity index (χ3n) is 0.732. The SMILES string of the molecule is C=C(CC)SC(C)S. The third-order valence-corrected chi connectivity index (χ3v) is 2.01. The second kappa shape index (κ2) is 4.33. The van der Waals surface area contributed by atoms with Crippen LogP contribution in [0.4, 0.5) is 0 Å². The molecule has 0 saturated carbocycles. The minimum Gasteiger partial charge on any atom is -0.165 e. The molecule has 0 aromatic rings. The summed E-state index contributed by atoms with van der Waals surface area (Å²) in [6.45, 7) is 7.98. The summed E-state index contributed by atoms with van der Waals surface area (Å²) in [6.07, 6.45) is 1.05. The first kappa shape index (κ1) is 8.44. The maximum Gasteiger partial charge on any atom is 0.0488 e. The van der Waals surface area contributed by atoms with E-state index >= 15 is 0 Å². The van der Waals surface area contributed by atoms with Gasteiger partial charge in [0.2, 0.25) is 0 Å². The lowest BCUT2D eigenvalue weighted by Gasteiger charge is -2.02. The Bertz CT molecular complexity index is 76.6. The van der Waals surface area contributed by atoms with Gasteiger partial charge >= 0.3 is 0 Å². The van der Waals surface area contributed by atoms with Gasteiger partial charge in [-0.1, -0.05) is 13.5 Å². The summed E-state index contributed by atoms with van der Waals surface area (Å²) >= 11 is 5.92. The molecule has 0 rings (SSSR count). The van der Waals surface area contributed by atoms with E-state index in [0.717, 1.165) is 6.42 Å². The molecular weight excluding hydrogens is 136 g/mol. The molecule has 0 aliphatic carbocycles. The van der Waals surface area contributed by atoms with E-state index in [4.69, 9.17) is 0 Å². The average molecular weight is 148 g/mol. The Morgan fingerprint density at radius 1 is 1.88 bits per heavy atom. The van der Waals surface area contributed by atoms with Crippen LogP contribution in [0.15, 0.2) is 11.5 Å². The molecule has 0 bridgehead atoms. The van der Waals surface area contributed by atoms with Gasteiger partial charge in [-0.2, -0.15) is 12.6 Å². The molecule has 8 heavy (non-hydrogen) atoms. The van der Waals surface area contributed by atoms with E-state index in [0.29, 0.717) is 4.58 Å². The molecular formula is C6H12S2. The van der Waals surface area contributed by atoms with Crippen molar-refractivity contribution in [3.8, 4) is 0 Å². The maximum atomic E-state index is 4.19. The molecule has 0 spiro atoms. The van der Waals surface area contributed by atoms with Gasteiger partial charge in [0.25, 0.3) is 0 Å². The van der Waals surface area contributed by atoms with Crippen molar-refractivity contribution in [2.45, 2.75) is 24.9 Å². The standard InChI is InChI=1S/C6H12S2/c1-4-5(2)8-6(3)7/h6-7H,2,4H2,1,3H3. The monoisotopic (exact) mass is 148 g/mol. The summed E-state index contributed by atoms with van der Waals surface area (Å²) in [6, 6.07) is 0. The Hall–Kier alpha value is 0.440. The van der Waals surface area contributed by atoms with Gasteiger partial charge < -0.3 is 0 Å². The van der Waals surface area contributed by atoms with Crippen molar-refractivity contribution in [3.63, 3.8) is 0 Å². The van der Waals surface area contributed by atoms with E-state index in [-0.39, 0.29) is 0 Å². The van der Waals surface area contributed by atoms with Crippen molar-refractivity contribution >= 4 is 24.4 Å². The summed E-state index contributed by atoms with van der Waals surface area (Å²) in [7, 11) is 0. The molecule has 0 heterocycles. The van der Waals surface area contributed by atoms with Gasteiger partial charge in [0.1, 0.15) is 0 Å². The molecule has 1 unspecified atom stereocenters. The largest absolute Gasteiger partial charge is 0.165 e. The summed E-state index contributed by atoms with van der Waals surface area (Å²) in [5, 5.41) is 0. The van der Waals surface area contributed by atoms with Gasteiger partial charge in [-0.15, -0.1) is 11.8 Å². The van der Waals surface area contributed by atoms with E-state index in [1.165, 1.54) is 4.91 Å². The number of thiol groups is 1. The molecule has 2 heteroatoms. The van der Waals surface area contributed by atoms with Gasteiger partial charge in [-0.25, -0.2) is 0 Å². The second-order valence-electron chi connectivity index (χ2n) is 1.61. The number of rotatable bonds is 3. The predicted octanol–water partition coefficient (Wildman–Crippen LogP) is 2.92. The van der Waals surface area contributed by atoms with Crippen LogP contribution in [0.3, 0.4) is 0 Å². The van der Waals surface area contributed by atoms with Crippen molar-refractivity contribution in [2.75, 3.05) is 0 Å². The van der Waals surface area contributed by atoms with Crippen LogP contribution in [-0.2, 0) is 0 Å². The molecule has 0 aliphatic rings. The molecule has 48 valence electrons. The average Bonchev–Trinajstić information content (AvgIpc) is 1.65. The first-order chi connectivity index (χ1) is 3.66. The predicted molar refractivity (Wildman–Crippen MR) is 45.5 cm³/mol. The van der Waals surface area contributed by atoms with Crippen LogP contribution in [0.5, 0.6) is 0 Å². The van der Waals surface area contributed by atoms with E-state index < -0.39 is 0 Å². The molecule has 0 aliphatic heterocycles. The first-order valence-corrected chi connectivity index (χ1v) is 4.09. The Kier molecular flexibility index (Phi) is 4.57. The third kappa shape index (κ3) is 4.60. The number of allylic oxidation sites excluding steroid dienone is 1. The molecule has 1 atom stereocenters. The lowest BCUT2D eigenvalue weighted by atomic mass is 10.5. The van der Waals surface area contributed by atoms with E-state index in [1.54, 1.807) is 11.8 Å². The van der Waals surface area contributed by atoms with Crippen molar-refractivity contribution in [1.29, 1.82) is 0 Å². The molecule has 0 fully saturated rings. The highest BCUT2D eigenvalue weighted by molar-refractivity contribution is 8.12. The van der Waals surface area contributed by atoms with Crippen LogP contribution in [-0.4, -0.2) is 4.58 Å². The van der Waals surface area contributed by atoms with Gasteiger partial charge in [-0.3, -0.25) is 0 Å². The highest BCUT2D eigenvalue weighted by atomic mass is 32.2. The number of hydrogen-bond acceptors (Lipinski definition) is 2. The lowest BCUT2D eigenvalue weighted by molar-refractivity contribution is 1.20. The fourth-order valence-corrected chi connectivity index (χ4v) is 1.42. The minimum atomic E-state index is 0.391. The number of thioether (sulfide) groups is 1. The molecule has 0 aromatic heterocycles. The van der Waals surface area contributed by atoms with Crippen molar-refractivity contribution in [1.82, 2.24) is 0 Å². The van der Waals surface area contributed by atoms with Gasteiger partial charge in [0, 0.05) is 4.58 Å². The quantitative estimate of drug-likeness (QED) is 0.474. The first-order valence-electron chi connectivity index (χ1n) is 2.69. The van der Waals surface area contributed by atoms with E-state index in [9.17, 15) is 0 Å². The van der Waals surface area contributed by atoms with Crippen LogP contribution < -0.4 is 0 Å². The van der Waals surface area contributed by atoms with Crippen LogP contribution in [0.1, 0.15) is 20.3 Å². The zero-order chi connectivity index (χ0) is 6.57. The highest BCUT2D eigenvalue weighted by Gasteiger charge is 1.95. The molecule has 0 aromatic carbocycles. The molecule has 0 N–H and O–H groups in total. The van der Waals surface area contributed by atoms with Gasteiger partial charge in [-0.05, 0) is 18.2 Å². The smallest absolute Gasteiger partial charge is 0.0488 e. The number of hydrogen-bond donors (Lipinski definition) is 1. The van der Waals surface area contributed by atoms with Crippen LogP contribution in [0.25, 0.3) is 0 Å². The molecule has 0 amide bonds. The van der Waals surface area contributed by atoms with Crippen molar-refractivity contribution in [3.05, 3.63) is 11.5 Å². The Morgan fingerprint density at radius 3 is 2.50 bits per heavy atom. The second-order valence-corrected chi connectivity index (χ2v) is 4.25. The molecule has 0 radical (unpaired) electrons. The van der Waals surface area contributed by atoms with Crippen LogP contribution in [0, 0.1) is 0 Å². The van der Waals surface area contributed by atoms with E-state index in [2.05, 4.69) is 33.1 Å². The summed E-state index contributed by atoms with van der Waals surface area (Å²) in [5.74, 6) is 0. The van der Waals surface area contributed by atoms with Crippen molar-refractivity contribution in [2.24, 2.45) is 0 Å². The topological polar surface area (TPSA) is 0 Å². The van der Waals surface area contributed by atoms with Crippen LogP contribution >= 0.6 is 24.4 Å². The van der Waals surface area contributed by atoms with Gasteiger partial charge in [0.15, 0.2) is 0 Å². The molecule has 0 saturated heterocycles. The lowest BCUT2D eigenvalue weighted by Crippen LogP contribution is -1.81. The summed E-state index contributed by atoms with van der Waals surface area (Å²) in [4.78, 5) is 1.22. The Morgan fingerprint density at radius 2 is 2.38 bits per heavy atom. The molecule has 0 nitrogen and oxygen atoms in total. The Balaban J connectivity index is 3.25.